The third-order valence-electron chi connectivity index (χ3n) is 6.51. The molecule has 0 spiro atoms. The van der Waals surface area contributed by atoms with Crippen molar-refractivity contribution in [3.63, 3.8) is 0 Å². The van der Waals surface area contributed by atoms with Crippen molar-refractivity contribution < 1.29 is 18.7 Å². The Hall–Kier alpha value is -5.48. The van der Waals surface area contributed by atoms with Gasteiger partial charge in [-0.05, 0) is 78.4 Å². The second-order valence-electron chi connectivity index (χ2n) is 9.44. The number of rotatable bonds is 10. The first-order chi connectivity index (χ1) is 21.0. The molecule has 0 aliphatic carbocycles. The van der Waals surface area contributed by atoms with Crippen LogP contribution in [0.1, 0.15) is 15.9 Å². The fraction of sp³-hybridized carbons (Fsp3) is 0.0606. The molecule has 0 aliphatic heterocycles. The highest BCUT2D eigenvalue weighted by Crippen LogP contribution is 2.28. The third-order valence-corrected chi connectivity index (χ3v) is 7.32. The average Bonchev–Trinajstić information content (AvgIpc) is 3.71. The summed E-state index contributed by atoms with van der Waals surface area (Å²) in [6, 6.07) is 29.7. The predicted molar refractivity (Wildman–Crippen MR) is 167 cm³/mol. The van der Waals surface area contributed by atoms with Gasteiger partial charge in [-0.25, -0.2) is 4.98 Å². The Bertz CT molecular complexity index is 1910. The predicted octanol–water partition coefficient (Wildman–Crippen LogP) is 6.92. The highest BCUT2D eigenvalue weighted by Gasteiger charge is 2.14. The van der Waals surface area contributed by atoms with Crippen LogP contribution in [-0.4, -0.2) is 44.7 Å². The van der Waals surface area contributed by atoms with E-state index in [4.69, 9.17) is 9.15 Å². The lowest BCUT2D eigenvalue weighted by molar-refractivity contribution is -0.113. The number of carbonyl (C=O) groups excluding carboxylic acids is 2. The van der Waals surface area contributed by atoms with Crippen molar-refractivity contribution >= 4 is 46.2 Å². The number of aromatic nitrogens is 4. The van der Waals surface area contributed by atoms with Gasteiger partial charge in [0.15, 0.2) is 5.78 Å². The number of aromatic amines is 1. The van der Waals surface area contributed by atoms with Crippen molar-refractivity contribution in [3.8, 4) is 28.6 Å². The Morgan fingerprint density at radius 2 is 1.70 bits per heavy atom. The number of amides is 1. The molecule has 0 saturated carbocycles. The van der Waals surface area contributed by atoms with Crippen molar-refractivity contribution in [3.05, 3.63) is 114 Å². The van der Waals surface area contributed by atoms with E-state index in [1.165, 1.54) is 6.08 Å². The van der Waals surface area contributed by atoms with Gasteiger partial charge in [-0.1, -0.05) is 48.2 Å². The van der Waals surface area contributed by atoms with Crippen LogP contribution in [0.4, 0.5) is 5.69 Å². The standard InChI is InChI=1S/C33H25N5O4S/c1-41-26-15-10-23(11-16-26)31-35-27-17-12-24(19-28(27)36-31)32-37-38-33(42-32)43-20-30(40)34-25-13-8-22(9-14-25)29(39)18-7-21-5-3-2-4-6-21/h2-19H,20H2,1H3,(H,34,40)(H,35,36)/b18-7+. The Balaban J connectivity index is 1.03. The van der Waals surface area contributed by atoms with Gasteiger partial charge in [-0.2, -0.15) is 0 Å². The summed E-state index contributed by atoms with van der Waals surface area (Å²) in [7, 11) is 1.63. The molecule has 6 aromatic rings. The molecule has 4 aromatic carbocycles. The van der Waals surface area contributed by atoms with Crippen molar-refractivity contribution in [1.82, 2.24) is 20.2 Å². The van der Waals surface area contributed by atoms with Gasteiger partial charge in [0, 0.05) is 22.4 Å². The molecule has 43 heavy (non-hydrogen) atoms. The molecule has 0 saturated heterocycles. The maximum atomic E-state index is 12.5. The maximum absolute atomic E-state index is 12.5. The van der Waals surface area contributed by atoms with E-state index in [0.29, 0.717) is 17.1 Å². The summed E-state index contributed by atoms with van der Waals surface area (Å²) in [4.78, 5) is 33.0. The van der Waals surface area contributed by atoms with Crippen LogP contribution in [0.15, 0.2) is 113 Å². The molecule has 0 radical (unpaired) electrons. The first-order valence-electron chi connectivity index (χ1n) is 13.3. The molecule has 1 amide bonds. The van der Waals surface area contributed by atoms with Gasteiger partial charge < -0.3 is 19.5 Å². The largest absolute Gasteiger partial charge is 0.497 e. The molecule has 9 nitrogen and oxygen atoms in total. The Kier molecular flexibility index (Phi) is 8.10. The second kappa shape index (κ2) is 12.6. The van der Waals surface area contributed by atoms with Crippen LogP contribution in [0, 0.1) is 0 Å². The number of thioether (sulfide) groups is 1. The summed E-state index contributed by atoms with van der Waals surface area (Å²) < 4.78 is 11.0. The smallest absolute Gasteiger partial charge is 0.277 e. The van der Waals surface area contributed by atoms with E-state index in [-0.39, 0.29) is 22.7 Å². The molecule has 2 heterocycles. The molecule has 0 aliphatic rings. The zero-order valence-electron chi connectivity index (χ0n) is 23.0. The zero-order valence-corrected chi connectivity index (χ0v) is 23.8. The number of methoxy groups -OCH3 is 1. The minimum atomic E-state index is -0.238. The maximum Gasteiger partial charge on any atom is 0.277 e. The number of hydrogen-bond acceptors (Lipinski definition) is 8. The van der Waals surface area contributed by atoms with Gasteiger partial charge >= 0.3 is 0 Å². The van der Waals surface area contributed by atoms with Crippen molar-refractivity contribution in [2.24, 2.45) is 0 Å². The summed E-state index contributed by atoms with van der Waals surface area (Å²) in [5, 5.41) is 11.3. The highest BCUT2D eigenvalue weighted by atomic mass is 32.2. The number of fused-ring (bicyclic) bond motifs is 1. The van der Waals surface area contributed by atoms with Crippen LogP contribution < -0.4 is 10.1 Å². The molecule has 0 atom stereocenters. The van der Waals surface area contributed by atoms with Gasteiger partial charge in [0.05, 0.1) is 23.9 Å². The number of ketones is 1. The number of hydrogen-bond donors (Lipinski definition) is 2. The number of anilines is 1. The Morgan fingerprint density at radius 1 is 0.930 bits per heavy atom. The third kappa shape index (κ3) is 6.71. The fourth-order valence-corrected chi connectivity index (χ4v) is 4.85. The average molecular weight is 588 g/mol. The summed E-state index contributed by atoms with van der Waals surface area (Å²) in [5.74, 6) is 1.58. The van der Waals surface area contributed by atoms with E-state index >= 15 is 0 Å². The van der Waals surface area contributed by atoms with Crippen LogP contribution in [0.3, 0.4) is 0 Å². The second-order valence-corrected chi connectivity index (χ2v) is 10.4. The minimum absolute atomic E-state index is 0.0763. The lowest BCUT2D eigenvalue weighted by Gasteiger charge is -2.04. The lowest BCUT2D eigenvalue weighted by atomic mass is 10.1. The Morgan fingerprint density at radius 3 is 2.47 bits per heavy atom. The first kappa shape index (κ1) is 27.7. The van der Waals surface area contributed by atoms with Crippen LogP contribution in [-0.2, 0) is 4.79 Å². The summed E-state index contributed by atoms with van der Waals surface area (Å²) in [6.07, 6.45) is 3.30. The van der Waals surface area contributed by atoms with Crippen LogP contribution in [0.25, 0.3) is 40.0 Å². The van der Waals surface area contributed by atoms with E-state index in [1.807, 2.05) is 72.8 Å². The molecule has 212 valence electrons. The number of ether oxygens (including phenoxy) is 1. The van der Waals surface area contributed by atoms with Crippen LogP contribution >= 0.6 is 11.8 Å². The van der Waals surface area contributed by atoms with E-state index in [9.17, 15) is 9.59 Å². The molecule has 10 heteroatoms. The highest BCUT2D eigenvalue weighted by molar-refractivity contribution is 7.99. The molecule has 6 rings (SSSR count). The van der Waals surface area contributed by atoms with Crippen molar-refractivity contribution in [2.45, 2.75) is 5.22 Å². The van der Waals surface area contributed by atoms with Crippen LogP contribution in [0.2, 0.25) is 0 Å². The van der Waals surface area contributed by atoms with Gasteiger partial charge in [0.1, 0.15) is 11.6 Å². The van der Waals surface area contributed by atoms with Crippen LogP contribution in [0.5, 0.6) is 5.75 Å². The van der Waals surface area contributed by atoms with E-state index < -0.39 is 0 Å². The number of H-pyrrole nitrogens is 1. The molecular weight excluding hydrogens is 562 g/mol. The number of imidazole rings is 1. The molecular formula is C33H25N5O4S. The van der Waals surface area contributed by atoms with Gasteiger partial charge in [-0.3, -0.25) is 9.59 Å². The quantitative estimate of drug-likeness (QED) is 0.101. The van der Waals surface area contributed by atoms with Gasteiger partial charge in [0.2, 0.25) is 11.8 Å². The van der Waals surface area contributed by atoms with Gasteiger partial charge in [-0.15, -0.1) is 10.2 Å². The number of nitrogens with one attached hydrogen (secondary N) is 2. The topological polar surface area (TPSA) is 123 Å². The minimum Gasteiger partial charge on any atom is -0.497 e. The number of nitrogens with zero attached hydrogens (tertiary/aromatic N) is 3. The van der Waals surface area contributed by atoms with E-state index in [2.05, 4.69) is 25.5 Å². The summed E-state index contributed by atoms with van der Waals surface area (Å²) in [5.41, 5.74) is 5.37. The molecule has 0 fully saturated rings. The normalized spacial score (nSPS) is 11.2. The van der Waals surface area contributed by atoms with E-state index in [0.717, 1.165) is 51.1 Å². The zero-order chi connectivity index (χ0) is 29.6. The lowest BCUT2D eigenvalue weighted by Crippen LogP contribution is -2.14. The number of carbonyl (C=O) groups is 2. The van der Waals surface area contributed by atoms with Crippen molar-refractivity contribution in [2.75, 3.05) is 18.2 Å². The summed E-state index contributed by atoms with van der Waals surface area (Å²) in [6.45, 7) is 0. The first-order valence-corrected chi connectivity index (χ1v) is 14.3. The van der Waals surface area contributed by atoms with Gasteiger partial charge in [0.25, 0.3) is 5.22 Å². The Labute approximate surface area is 251 Å². The fourth-order valence-electron chi connectivity index (χ4n) is 4.29. The molecule has 0 unspecified atom stereocenters. The monoisotopic (exact) mass is 587 g/mol. The number of benzene rings is 4. The SMILES string of the molecule is COc1ccc(-c2nc3ccc(-c4nnc(SCC(=O)Nc5ccc(C(=O)/C=C/c6ccccc6)cc5)o4)cc3[nH]2)cc1. The summed E-state index contributed by atoms with van der Waals surface area (Å²) >= 11 is 1.14. The molecule has 2 aromatic heterocycles. The molecule has 2 N–H and O–H groups in total. The molecule has 0 bridgehead atoms. The van der Waals surface area contributed by atoms with Crippen molar-refractivity contribution in [1.29, 1.82) is 0 Å². The van der Waals surface area contributed by atoms with E-state index in [1.54, 1.807) is 37.5 Å². The number of allylic oxidation sites excluding steroid dienone is 1.